The molecule has 0 bridgehead atoms. The van der Waals surface area contributed by atoms with Gasteiger partial charge in [0.15, 0.2) is 6.10 Å². The van der Waals surface area contributed by atoms with Crippen LogP contribution in [0, 0.1) is 0 Å². The van der Waals surface area contributed by atoms with Gasteiger partial charge in [-0.1, -0.05) is 32.0 Å². The maximum absolute atomic E-state index is 12.5. The molecule has 1 fully saturated rings. The van der Waals surface area contributed by atoms with E-state index in [0.717, 1.165) is 16.5 Å². The second-order valence-electron chi connectivity index (χ2n) is 7.22. The van der Waals surface area contributed by atoms with Gasteiger partial charge in [0.1, 0.15) is 6.10 Å². The Balaban J connectivity index is 1.66. The van der Waals surface area contributed by atoms with Gasteiger partial charge in [-0.15, -0.1) is 0 Å². The zero-order valence-corrected chi connectivity index (χ0v) is 17.4. The lowest BCUT2D eigenvalue weighted by Crippen LogP contribution is -2.51. The lowest BCUT2D eigenvalue weighted by Gasteiger charge is -2.38. The van der Waals surface area contributed by atoms with Crippen molar-refractivity contribution < 1.29 is 33.3 Å². The molecule has 8 nitrogen and oxygen atoms in total. The van der Waals surface area contributed by atoms with Gasteiger partial charge in [-0.3, -0.25) is 14.4 Å². The zero-order chi connectivity index (χ0) is 21.7. The number of carbonyl (C=O) groups excluding carboxylic acids is 3. The van der Waals surface area contributed by atoms with E-state index >= 15 is 0 Å². The van der Waals surface area contributed by atoms with Crippen LogP contribution < -0.4 is 0 Å². The molecule has 0 aliphatic carbocycles. The summed E-state index contributed by atoms with van der Waals surface area (Å²) in [6.45, 7) is 5.05. The third-order valence-corrected chi connectivity index (χ3v) is 5.02. The standard InChI is InChI=1S/C22H27NO7/c1-4-18(24)28-17-11-21(27-13(3)22(17)30-19(25)5-2)29-20(26)10-14-12-23-16-9-7-6-8-15(14)16/h6-9,12-13,17,21-23H,4-5,10-11H2,1-3H3/t13-,17-,21-,22-/m0/s1. The summed E-state index contributed by atoms with van der Waals surface area (Å²) in [6.07, 6.45) is -0.671. The minimum absolute atomic E-state index is 0.0753. The topological polar surface area (TPSA) is 104 Å². The average Bonchev–Trinajstić information content (AvgIpc) is 3.13. The molecule has 1 saturated heterocycles. The van der Waals surface area contributed by atoms with Crippen LogP contribution in [0.1, 0.15) is 45.6 Å². The maximum Gasteiger partial charge on any atom is 0.312 e. The molecule has 2 heterocycles. The van der Waals surface area contributed by atoms with Crippen molar-refractivity contribution in [2.75, 3.05) is 0 Å². The molecular formula is C22H27NO7. The summed E-state index contributed by atoms with van der Waals surface area (Å²) in [6, 6.07) is 7.68. The van der Waals surface area contributed by atoms with Crippen LogP contribution in [0.5, 0.6) is 0 Å². The minimum Gasteiger partial charge on any atom is -0.458 e. The molecule has 3 rings (SSSR count). The van der Waals surface area contributed by atoms with Crippen molar-refractivity contribution in [1.29, 1.82) is 0 Å². The van der Waals surface area contributed by atoms with Gasteiger partial charge in [-0.25, -0.2) is 0 Å². The van der Waals surface area contributed by atoms with Gasteiger partial charge < -0.3 is 23.9 Å². The highest BCUT2D eigenvalue weighted by Crippen LogP contribution is 2.27. The van der Waals surface area contributed by atoms with Crippen LogP contribution in [0.2, 0.25) is 0 Å². The summed E-state index contributed by atoms with van der Waals surface area (Å²) >= 11 is 0. The molecule has 0 radical (unpaired) electrons. The lowest BCUT2D eigenvalue weighted by atomic mass is 10.0. The van der Waals surface area contributed by atoms with Crippen LogP contribution in [0.25, 0.3) is 10.9 Å². The molecule has 0 saturated carbocycles. The number of H-pyrrole nitrogens is 1. The smallest absolute Gasteiger partial charge is 0.312 e. The molecule has 2 aromatic rings. The Labute approximate surface area is 174 Å². The quantitative estimate of drug-likeness (QED) is 0.545. The first-order valence-electron chi connectivity index (χ1n) is 10.2. The van der Waals surface area contributed by atoms with E-state index in [1.807, 2.05) is 24.3 Å². The summed E-state index contributed by atoms with van der Waals surface area (Å²) in [4.78, 5) is 39.2. The van der Waals surface area contributed by atoms with E-state index in [0.29, 0.717) is 0 Å². The number of carbonyl (C=O) groups is 3. The second kappa shape index (κ2) is 9.75. The zero-order valence-electron chi connectivity index (χ0n) is 17.4. The number of fused-ring (bicyclic) bond motifs is 1. The normalized spacial score (nSPS) is 23.7. The number of aromatic nitrogens is 1. The van der Waals surface area contributed by atoms with E-state index in [-0.39, 0.29) is 25.7 Å². The average molecular weight is 417 g/mol. The van der Waals surface area contributed by atoms with Gasteiger partial charge in [0.05, 0.1) is 18.9 Å². The molecule has 1 aliphatic rings. The molecule has 0 spiro atoms. The van der Waals surface area contributed by atoms with Crippen molar-refractivity contribution in [3.63, 3.8) is 0 Å². The first-order valence-corrected chi connectivity index (χ1v) is 10.2. The molecule has 1 aliphatic heterocycles. The maximum atomic E-state index is 12.5. The number of hydrogen-bond donors (Lipinski definition) is 1. The number of nitrogens with one attached hydrogen (secondary N) is 1. The van der Waals surface area contributed by atoms with E-state index in [4.69, 9.17) is 18.9 Å². The fourth-order valence-electron chi connectivity index (χ4n) is 3.47. The van der Waals surface area contributed by atoms with Crippen molar-refractivity contribution in [1.82, 2.24) is 4.98 Å². The predicted octanol–water partition coefficient (Wildman–Crippen LogP) is 3.03. The van der Waals surface area contributed by atoms with Crippen LogP contribution >= 0.6 is 0 Å². The molecule has 4 atom stereocenters. The van der Waals surface area contributed by atoms with Crippen molar-refractivity contribution in [2.45, 2.75) is 71.1 Å². The SMILES string of the molecule is CCC(=O)O[C@H]1[C@H](C)O[C@@H](OC(=O)Cc2c[nH]c3ccccc23)C[C@@H]1OC(=O)CC. The number of rotatable bonds is 7. The molecule has 1 N–H and O–H groups in total. The number of ether oxygens (including phenoxy) is 4. The number of aromatic amines is 1. The van der Waals surface area contributed by atoms with E-state index in [1.54, 1.807) is 27.0 Å². The minimum atomic E-state index is -0.899. The van der Waals surface area contributed by atoms with E-state index in [9.17, 15) is 14.4 Å². The monoisotopic (exact) mass is 417 g/mol. The summed E-state index contributed by atoms with van der Waals surface area (Å²) in [5.41, 5.74) is 1.76. The molecule has 1 aromatic carbocycles. The van der Waals surface area contributed by atoms with Gasteiger partial charge in [-0.2, -0.15) is 0 Å². The Morgan fingerprint density at radius 3 is 2.47 bits per heavy atom. The Morgan fingerprint density at radius 2 is 1.73 bits per heavy atom. The molecule has 0 unspecified atom stereocenters. The fraction of sp³-hybridized carbons (Fsp3) is 0.500. The summed E-state index contributed by atoms with van der Waals surface area (Å²) in [5.74, 6) is -1.29. The molecular weight excluding hydrogens is 390 g/mol. The number of esters is 3. The number of para-hydroxylation sites is 1. The van der Waals surface area contributed by atoms with Crippen LogP contribution in [0.4, 0.5) is 0 Å². The molecule has 30 heavy (non-hydrogen) atoms. The van der Waals surface area contributed by atoms with Gasteiger partial charge >= 0.3 is 17.9 Å². The van der Waals surface area contributed by atoms with Gasteiger partial charge in [-0.05, 0) is 18.6 Å². The first kappa shape index (κ1) is 21.8. The van der Waals surface area contributed by atoms with Gasteiger partial charge in [0.2, 0.25) is 6.29 Å². The molecule has 1 aromatic heterocycles. The van der Waals surface area contributed by atoms with Crippen molar-refractivity contribution in [3.8, 4) is 0 Å². The molecule has 162 valence electrons. The highest BCUT2D eigenvalue weighted by Gasteiger charge is 2.42. The molecule has 0 amide bonds. The first-order chi connectivity index (χ1) is 14.4. The number of benzene rings is 1. The van der Waals surface area contributed by atoms with Crippen LogP contribution in [-0.4, -0.2) is 47.5 Å². The van der Waals surface area contributed by atoms with Crippen molar-refractivity contribution in [2.24, 2.45) is 0 Å². The Hall–Kier alpha value is -2.87. The second-order valence-corrected chi connectivity index (χ2v) is 7.22. The summed E-state index contributed by atoms with van der Waals surface area (Å²) in [5, 5.41) is 0.952. The molecule has 8 heteroatoms. The highest BCUT2D eigenvalue weighted by molar-refractivity contribution is 5.87. The van der Waals surface area contributed by atoms with Gasteiger partial charge in [0, 0.05) is 29.9 Å². The van der Waals surface area contributed by atoms with E-state index < -0.39 is 42.5 Å². The van der Waals surface area contributed by atoms with E-state index in [2.05, 4.69) is 4.98 Å². The third kappa shape index (κ3) is 5.18. The Morgan fingerprint density at radius 1 is 1.03 bits per heavy atom. The van der Waals surface area contributed by atoms with Gasteiger partial charge in [0.25, 0.3) is 0 Å². The summed E-state index contributed by atoms with van der Waals surface area (Å²) in [7, 11) is 0. The van der Waals surface area contributed by atoms with Crippen LogP contribution in [0.15, 0.2) is 30.5 Å². The fourth-order valence-corrected chi connectivity index (χ4v) is 3.47. The Bertz CT molecular complexity index is 906. The number of hydrogen-bond acceptors (Lipinski definition) is 7. The van der Waals surface area contributed by atoms with E-state index in [1.165, 1.54) is 0 Å². The highest BCUT2D eigenvalue weighted by atomic mass is 16.7. The van der Waals surface area contributed by atoms with Crippen molar-refractivity contribution in [3.05, 3.63) is 36.0 Å². The van der Waals surface area contributed by atoms with Crippen LogP contribution in [0.3, 0.4) is 0 Å². The lowest BCUT2D eigenvalue weighted by molar-refractivity contribution is -0.251. The van der Waals surface area contributed by atoms with Crippen molar-refractivity contribution >= 4 is 28.8 Å². The Kier molecular flexibility index (Phi) is 7.10. The predicted molar refractivity (Wildman–Crippen MR) is 107 cm³/mol. The third-order valence-electron chi connectivity index (χ3n) is 5.02. The van der Waals surface area contributed by atoms with Crippen LogP contribution in [-0.2, 0) is 39.8 Å². The largest absolute Gasteiger partial charge is 0.458 e. The summed E-state index contributed by atoms with van der Waals surface area (Å²) < 4.78 is 22.1.